The van der Waals surface area contributed by atoms with Crippen molar-refractivity contribution in [3.8, 4) is 0 Å². The van der Waals surface area contributed by atoms with Crippen LogP contribution in [0, 0.1) is 6.92 Å². The van der Waals surface area contributed by atoms with Crippen LogP contribution in [-0.2, 0) is 23.1 Å². The molecule has 1 amide bonds. The molecular formula is C27H31N3O3S. The van der Waals surface area contributed by atoms with Gasteiger partial charge in [0, 0.05) is 18.7 Å². The summed E-state index contributed by atoms with van der Waals surface area (Å²) in [7, 11) is -3.73. The second kappa shape index (κ2) is 10.8. The molecule has 0 atom stereocenters. The van der Waals surface area contributed by atoms with Crippen molar-refractivity contribution >= 4 is 21.6 Å². The number of carbonyl (C=O) groups excluding carboxylic acids is 1. The summed E-state index contributed by atoms with van der Waals surface area (Å²) < 4.78 is 28.0. The summed E-state index contributed by atoms with van der Waals surface area (Å²) in [5, 5.41) is 2.95. The zero-order valence-electron chi connectivity index (χ0n) is 19.5. The predicted octanol–water partition coefficient (Wildman–Crippen LogP) is 4.71. The summed E-state index contributed by atoms with van der Waals surface area (Å²) in [5.74, 6) is -0.240. The van der Waals surface area contributed by atoms with Gasteiger partial charge in [-0.05, 0) is 73.8 Å². The van der Waals surface area contributed by atoms with Gasteiger partial charge in [0.05, 0.1) is 10.6 Å². The Kier molecular flexibility index (Phi) is 7.65. The van der Waals surface area contributed by atoms with Gasteiger partial charge in [-0.1, -0.05) is 55.0 Å². The first kappa shape index (κ1) is 24.0. The molecule has 178 valence electrons. The SMILES string of the molecule is Cc1c(NS(=O)(=O)c2ccccc2)cccc1C(=O)NCc1ccc(CN2CCCCC2)cc1. The summed E-state index contributed by atoms with van der Waals surface area (Å²) >= 11 is 0. The molecule has 1 heterocycles. The van der Waals surface area contributed by atoms with Crippen LogP contribution in [0.15, 0.2) is 77.7 Å². The quantitative estimate of drug-likeness (QED) is 0.492. The number of nitrogens with one attached hydrogen (secondary N) is 2. The van der Waals surface area contributed by atoms with E-state index in [1.54, 1.807) is 43.3 Å². The molecule has 34 heavy (non-hydrogen) atoms. The summed E-state index contributed by atoms with van der Waals surface area (Å²) in [6, 6.07) is 21.6. The highest BCUT2D eigenvalue weighted by Gasteiger charge is 2.18. The van der Waals surface area contributed by atoms with Crippen LogP contribution in [0.4, 0.5) is 5.69 Å². The highest BCUT2D eigenvalue weighted by atomic mass is 32.2. The van der Waals surface area contributed by atoms with Crippen molar-refractivity contribution in [3.63, 3.8) is 0 Å². The van der Waals surface area contributed by atoms with Crippen LogP contribution >= 0.6 is 0 Å². The number of likely N-dealkylation sites (tertiary alicyclic amines) is 1. The van der Waals surface area contributed by atoms with Crippen LogP contribution in [0.25, 0.3) is 0 Å². The Morgan fingerprint density at radius 3 is 2.24 bits per heavy atom. The van der Waals surface area contributed by atoms with Crippen LogP contribution in [0.1, 0.15) is 46.3 Å². The lowest BCUT2D eigenvalue weighted by atomic mass is 10.1. The van der Waals surface area contributed by atoms with Gasteiger partial charge in [0.15, 0.2) is 0 Å². The molecule has 4 rings (SSSR count). The van der Waals surface area contributed by atoms with E-state index < -0.39 is 10.0 Å². The standard InChI is InChI=1S/C27H31N3O3S/c1-21-25(11-8-12-26(21)29-34(32,33)24-9-4-2-5-10-24)27(31)28-19-22-13-15-23(16-14-22)20-30-17-6-3-7-18-30/h2,4-5,8-16,29H,3,6-7,17-20H2,1H3,(H,28,31). The van der Waals surface area contributed by atoms with Crippen LogP contribution in [0.3, 0.4) is 0 Å². The first-order chi connectivity index (χ1) is 16.4. The molecule has 3 aromatic rings. The van der Waals surface area contributed by atoms with E-state index >= 15 is 0 Å². The average Bonchev–Trinajstić information content (AvgIpc) is 2.86. The van der Waals surface area contributed by atoms with Gasteiger partial charge < -0.3 is 5.32 Å². The molecule has 1 saturated heterocycles. The average molecular weight is 478 g/mol. The van der Waals surface area contributed by atoms with Gasteiger partial charge in [0.25, 0.3) is 15.9 Å². The maximum Gasteiger partial charge on any atom is 0.261 e. The van der Waals surface area contributed by atoms with Gasteiger partial charge in [0.1, 0.15) is 0 Å². The molecule has 6 nitrogen and oxygen atoms in total. The van der Waals surface area contributed by atoms with E-state index in [9.17, 15) is 13.2 Å². The molecule has 0 radical (unpaired) electrons. The van der Waals surface area contributed by atoms with Crippen LogP contribution < -0.4 is 10.0 Å². The van der Waals surface area contributed by atoms with Crippen LogP contribution in [0.5, 0.6) is 0 Å². The van der Waals surface area contributed by atoms with E-state index in [0.29, 0.717) is 23.4 Å². The minimum absolute atomic E-state index is 0.174. The van der Waals surface area contributed by atoms with Crippen molar-refractivity contribution in [1.29, 1.82) is 0 Å². The Morgan fingerprint density at radius 1 is 0.853 bits per heavy atom. The molecule has 0 spiro atoms. The molecular weight excluding hydrogens is 446 g/mol. The molecule has 0 aromatic heterocycles. The van der Waals surface area contributed by atoms with Crippen molar-refractivity contribution in [2.45, 2.75) is 44.2 Å². The van der Waals surface area contributed by atoms with Gasteiger partial charge in [-0.25, -0.2) is 8.42 Å². The predicted molar refractivity (Wildman–Crippen MR) is 135 cm³/mol. The summed E-state index contributed by atoms with van der Waals surface area (Å²) in [5.41, 5.74) is 3.71. The Bertz CT molecular complexity index is 1220. The van der Waals surface area contributed by atoms with Crippen molar-refractivity contribution < 1.29 is 13.2 Å². The molecule has 3 aromatic carbocycles. The summed E-state index contributed by atoms with van der Waals surface area (Å²) in [6.45, 7) is 5.45. The molecule has 0 saturated carbocycles. The fourth-order valence-corrected chi connectivity index (χ4v) is 5.36. The first-order valence-corrected chi connectivity index (χ1v) is 13.2. The highest BCUT2D eigenvalue weighted by Crippen LogP contribution is 2.23. The van der Waals surface area contributed by atoms with Gasteiger partial charge in [-0.3, -0.25) is 14.4 Å². The van der Waals surface area contributed by atoms with E-state index in [1.165, 1.54) is 37.0 Å². The third-order valence-corrected chi connectivity index (χ3v) is 7.59. The number of sulfonamides is 1. The monoisotopic (exact) mass is 477 g/mol. The van der Waals surface area contributed by atoms with Crippen LogP contribution in [-0.4, -0.2) is 32.3 Å². The number of nitrogens with zero attached hydrogens (tertiary/aromatic N) is 1. The van der Waals surface area contributed by atoms with E-state index in [2.05, 4.69) is 39.2 Å². The van der Waals surface area contributed by atoms with Gasteiger partial charge in [-0.2, -0.15) is 0 Å². The van der Waals surface area contributed by atoms with Gasteiger partial charge >= 0.3 is 0 Å². The minimum Gasteiger partial charge on any atom is -0.348 e. The number of carbonyl (C=O) groups is 1. The Morgan fingerprint density at radius 2 is 1.53 bits per heavy atom. The Hall–Kier alpha value is -3.16. The number of rotatable bonds is 8. The number of amides is 1. The number of anilines is 1. The topological polar surface area (TPSA) is 78.5 Å². The summed E-state index contributed by atoms with van der Waals surface area (Å²) in [4.78, 5) is 15.5. The van der Waals surface area contributed by atoms with E-state index in [-0.39, 0.29) is 10.8 Å². The third kappa shape index (κ3) is 6.04. The van der Waals surface area contributed by atoms with E-state index in [1.807, 2.05) is 0 Å². The molecule has 0 unspecified atom stereocenters. The number of piperidine rings is 1. The van der Waals surface area contributed by atoms with E-state index in [4.69, 9.17) is 0 Å². The third-order valence-electron chi connectivity index (χ3n) is 6.21. The van der Waals surface area contributed by atoms with E-state index in [0.717, 1.165) is 25.2 Å². The normalized spacial score (nSPS) is 14.5. The highest BCUT2D eigenvalue weighted by molar-refractivity contribution is 7.92. The second-order valence-electron chi connectivity index (χ2n) is 8.73. The largest absolute Gasteiger partial charge is 0.348 e. The maximum atomic E-state index is 12.9. The van der Waals surface area contributed by atoms with Crippen molar-refractivity contribution in [2.24, 2.45) is 0 Å². The smallest absolute Gasteiger partial charge is 0.261 e. The first-order valence-electron chi connectivity index (χ1n) is 11.7. The number of hydrogen-bond donors (Lipinski definition) is 2. The fourth-order valence-electron chi connectivity index (χ4n) is 4.21. The zero-order valence-corrected chi connectivity index (χ0v) is 20.3. The molecule has 7 heteroatoms. The summed E-state index contributed by atoms with van der Waals surface area (Å²) in [6.07, 6.45) is 3.88. The molecule has 1 fully saturated rings. The molecule has 0 bridgehead atoms. The lowest BCUT2D eigenvalue weighted by Gasteiger charge is -2.26. The van der Waals surface area contributed by atoms with Crippen LogP contribution in [0.2, 0.25) is 0 Å². The second-order valence-corrected chi connectivity index (χ2v) is 10.4. The molecule has 0 aliphatic carbocycles. The maximum absolute atomic E-state index is 12.9. The zero-order chi connectivity index (χ0) is 24.0. The van der Waals surface area contributed by atoms with Crippen molar-refractivity contribution in [3.05, 3.63) is 95.1 Å². The van der Waals surface area contributed by atoms with Gasteiger partial charge in [-0.15, -0.1) is 0 Å². The molecule has 1 aliphatic rings. The fraction of sp³-hybridized carbons (Fsp3) is 0.296. The lowest BCUT2D eigenvalue weighted by Crippen LogP contribution is -2.29. The molecule has 2 N–H and O–H groups in total. The molecule has 1 aliphatic heterocycles. The number of benzene rings is 3. The Balaban J connectivity index is 1.38. The van der Waals surface area contributed by atoms with Crippen molar-refractivity contribution in [2.75, 3.05) is 17.8 Å². The van der Waals surface area contributed by atoms with Gasteiger partial charge in [0.2, 0.25) is 0 Å². The Labute approximate surface area is 202 Å². The lowest BCUT2D eigenvalue weighted by molar-refractivity contribution is 0.0950. The minimum atomic E-state index is -3.73. The number of hydrogen-bond acceptors (Lipinski definition) is 4. The van der Waals surface area contributed by atoms with Crippen molar-refractivity contribution in [1.82, 2.24) is 10.2 Å².